The molecule has 0 fully saturated rings. The topological polar surface area (TPSA) is 128 Å². The smallest absolute Gasteiger partial charge is 0.497 e. The van der Waals surface area contributed by atoms with Gasteiger partial charge in [0.05, 0.1) is 25.6 Å². The molecule has 48 heavy (non-hydrogen) atoms. The number of esters is 1. The van der Waals surface area contributed by atoms with E-state index in [0.29, 0.717) is 51.0 Å². The molecule has 1 aliphatic rings. The van der Waals surface area contributed by atoms with Crippen LogP contribution < -0.4 is 25.0 Å². The minimum Gasteiger partial charge on any atom is -0.497 e. The summed E-state index contributed by atoms with van der Waals surface area (Å²) in [6.07, 6.45) is -4.45. The molecule has 0 radical (unpaired) electrons. The highest BCUT2D eigenvalue weighted by Gasteiger charge is 2.35. The summed E-state index contributed by atoms with van der Waals surface area (Å²) in [6.45, 7) is 4.50. The van der Waals surface area contributed by atoms with Gasteiger partial charge in [-0.05, 0) is 68.7 Å². The molecule has 0 saturated heterocycles. The molecule has 1 atom stereocenters. The second kappa shape index (κ2) is 14.8. The molecule has 0 aromatic heterocycles. The molecule has 1 unspecified atom stereocenters. The lowest BCUT2D eigenvalue weighted by Crippen LogP contribution is -2.45. The summed E-state index contributed by atoms with van der Waals surface area (Å²) in [4.78, 5) is 45.1. The van der Waals surface area contributed by atoms with Gasteiger partial charge in [-0.25, -0.2) is 0 Å². The van der Waals surface area contributed by atoms with Gasteiger partial charge in [0.15, 0.2) is 0 Å². The van der Waals surface area contributed by atoms with Crippen LogP contribution in [0.4, 0.5) is 24.5 Å². The molecule has 2 N–H and O–H groups in total. The SMILES string of the molecule is COC(=O)CNC(=O)C(C)(C)O/N=C(\C)c1cc(NC(C(=O)N2CCc3ccc(OC(F)(F)F)cc32)c2ccc(Cl)cc2)cc(OC)c1. The number of nitrogens with zero attached hydrogens (tertiary/aromatic N) is 2. The van der Waals surface area contributed by atoms with Gasteiger partial charge >= 0.3 is 12.3 Å². The molecule has 0 aliphatic carbocycles. The first-order chi connectivity index (χ1) is 22.6. The van der Waals surface area contributed by atoms with E-state index in [1.807, 2.05) is 0 Å². The Morgan fingerprint density at radius 2 is 1.71 bits per heavy atom. The summed E-state index contributed by atoms with van der Waals surface area (Å²) in [5.41, 5.74) is 1.42. The number of hydrogen-bond donors (Lipinski definition) is 2. The number of oxime groups is 1. The number of carbonyl (C=O) groups excluding carboxylic acids is 3. The van der Waals surface area contributed by atoms with E-state index in [2.05, 4.69) is 25.3 Å². The largest absolute Gasteiger partial charge is 0.573 e. The molecule has 1 heterocycles. The minimum atomic E-state index is -4.89. The van der Waals surface area contributed by atoms with Crippen molar-refractivity contribution in [1.29, 1.82) is 0 Å². The molecule has 3 aromatic carbocycles. The molecule has 15 heteroatoms. The van der Waals surface area contributed by atoms with E-state index in [1.165, 1.54) is 51.2 Å². The van der Waals surface area contributed by atoms with Crippen LogP contribution in [-0.4, -0.2) is 62.8 Å². The standard InChI is InChI=1S/C33H34ClF3N4O7/c1-19(40-48-32(2,3)31(44)38-18-28(42)46-5)22-14-24(16-26(15-22)45-4)39-29(21-6-9-23(34)10-7-21)30(43)41-13-12-20-8-11-25(17-27(20)41)47-33(35,36)37/h6-11,14-17,29,39H,12-13,18H2,1-5H3,(H,38,44)/b40-19+. The maximum Gasteiger partial charge on any atom is 0.573 e. The Bertz CT molecular complexity index is 1700. The van der Waals surface area contributed by atoms with Crippen molar-refractivity contribution in [3.63, 3.8) is 0 Å². The first-order valence-electron chi connectivity index (χ1n) is 14.6. The summed E-state index contributed by atoms with van der Waals surface area (Å²) in [6, 6.07) is 14.5. The highest BCUT2D eigenvalue weighted by Crippen LogP contribution is 2.37. The van der Waals surface area contributed by atoms with Crippen molar-refractivity contribution in [3.8, 4) is 11.5 Å². The lowest BCUT2D eigenvalue weighted by atomic mass is 10.0. The summed E-state index contributed by atoms with van der Waals surface area (Å²) >= 11 is 6.13. The van der Waals surface area contributed by atoms with Gasteiger partial charge in [-0.2, -0.15) is 0 Å². The van der Waals surface area contributed by atoms with Crippen LogP contribution in [0.2, 0.25) is 5.02 Å². The van der Waals surface area contributed by atoms with Crippen LogP contribution in [-0.2, 0) is 30.4 Å². The van der Waals surface area contributed by atoms with Gasteiger partial charge in [-0.15, -0.1) is 13.2 Å². The predicted octanol–water partition coefficient (Wildman–Crippen LogP) is 5.80. The molecule has 11 nitrogen and oxygen atoms in total. The minimum absolute atomic E-state index is 0.241. The van der Waals surface area contributed by atoms with Crippen LogP contribution >= 0.6 is 11.6 Å². The maximum atomic E-state index is 14.2. The lowest BCUT2D eigenvalue weighted by molar-refractivity contribution is -0.274. The number of fused-ring (bicyclic) bond motifs is 1. The highest BCUT2D eigenvalue weighted by atomic mass is 35.5. The van der Waals surface area contributed by atoms with E-state index >= 15 is 0 Å². The molecule has 0 spiro atoms. The summed E-state index contributed by atoms with van der Waals surface area (Å²) in [5, 5.41) is 10.2. The number of methoxy groups -OCH3 is 2. The molecule has 256 valence electrons. The summed E-state index contributed by atoms with van der Waals surface area (Å²) < 4.78 is 53.0. The van der Waals surface area contributed by atoms with E-state index < -0.39 is 41.5 Å². The Morgan fingerprint density at radius 1 is 1.00 bits per heavy atom. The van der Waals surface area contributed by atoms with Crippen LogP contribution in [0.25, 0.3) is 0 Å². The average Bonchev–Trinajstić information content (AvgIpc) is 3.47. The van der Waals surface area contributed by atoms with Crippen molar-refractivity contribution in [2.75, 3.05) is 37.5 Å². The molecular weight excluding hydrogens is 657 g/mol. The van der Waals surface area contributed by atoms with Crippen molar-refractivity contribution in [2.24, 2.45) is 5.16 Å². The third-order valence-electron chi connectivity index (χ3n) is 7.35. The molecule has 2 amide bonds. The van der Waals surface area contributed by atoms with Crippen LogP contribution in [0.15, 0.2) is 65.8 Å². The molecule has 1 aliphatic heterocycles. The zero-order valence-corrected chi connectivity index (χ0v) is 27.5. The van der Waals surface area contributed by atoms with Crippen molar-refractivity contribution in [1.82, 2.24) is 5.32 Å². The Hall–Kier alpha value is -4.98. The van der Waals surface area contributed by atoms with Crippen molar-refractivity contribution in [2.45, 2.75) is 45.2 Å². The predicted molar refractivity (Wildman–Crippen MR) is 172 cm³/mol. The Kier molecular flexibility index (Phi) is 11.1. The lowest BCUT2D eigenvalue weighted by Gasteiger charge is -2.27. The number of rotatable bonds is 12. The summed E-state index contributed by atoms with van der Waals surface area (Å²) in [7, 11) is 2.66. The van der Waals surface area contributed by atoms with E-state index in [1.54, 1.807) is 49.4 Å². The zero-order chi connectivity index (χ0) is 35.2. The van der Waals surface area contributed by atoms with Gasteiger partial charge in [0, 0.05) is 35.0 Å². The number of benzene rings is 3. The third kappa shape index (κ3) is 9.09. The van der Waals surface area contributed by atoms with Crippen molar-refractivity contribution in [3.05, 3.63) is 82.4 Å². The van der Waals surface area contributed by atoms with Gasteiger partial charge in [0.1, 0.15) is 24.1 Å². The van der Waals surface area contributed by atoms with Gasteiger partial charge in [-0.1, -0.05) is 35.0 Å². The Labute approximate surface area is 279 Å². The first kappa shape index (κ1) is 35.9. The van der Waals surface area contributed by atoms with Crippen molar-refractivity contribution < 1.29 is 46.6 Å². The van der Waals surface area contributed by atoms with Gasteiger partial charge < -0.3 is 34.6 Å². The van der Waals surface area contributed by atoms with Gasteiger partial charge in [0.2, 0.25) is 5.60 Å². The van der Waals surface area contributed by atoms with E-state index in [9.17, 15) is 27.6 Å². The first-order valence-corrected chi connectivity index (χ1v) is 15.0. The number of alkyl halides is 3. The number of amides is 2. The quantitative estimate of drug-likeness (QED) is 0.139. The second-order valence-corrected chi connectivity index (χ2v) is 11.6. The number of ether oxygens (including phenoxy) is 3. The zero-order valence-electron chi connectivity index (χ0n) is 26.7. The van der Waals surface area contributed by atoms with Crippen LogP contribution in [0.1, 0.15) is 43.5 Å². The van der Waals surface area contributed by atoms with E-state index in [-0.39, 0.29) is 13.1 Å². The Balaban J connectivity index is 1.63. The van der Waals surface area contributed by atoms with Crippen LogP contribution in [0.3, 0.4) is 0 Å². The van der Waals surface area contributed by atoms with Crippen LogP contribution in [0, 0.1) is 0 Å². The average molecular weight is 691 g/mol. The van der Waals surface area contributed by atoms with E-state index in [0.717, 1.165) is 0 Å². The van der Waals surface area contributed by atoms with Crippen LogP contribution in [0.5, 0.6) is 11.5 Å². The number of anilines is 2. The number of carbonyl (C=O) groups is 3. The third-order valence-corrected chi connectivity index (χ3v) is 7.60. The molecule has 3 aromatic rings. The monoisotopic (exact) mass is 690 g/mol. The normalized spacial score (nSPS) is 13.7. The molecule has 4 rings (SSSR count). The van der Waals surface area contributed by atoms with Gasteiger partial charge in [-0.3, -0.25) is 14.4 Å². The Morgan fingerprint density at radius 3 is 2.35 bits per heavy atom. The van der Waals surface area contributed by atoms with Gasteiger partial charge in [0.25, 0.3) is 11.8 Å². The molecule has 0 bridgehead atoms. The summed E-state index contributed by atoms with van der Waals surface area (Å²) in [5.74, 6) is -1.68. The fraction of sp³-hybridized carbons (Fsp3) is 0.333. The second-order valence-electron chi connectivity index (χ2n) is 11.2. The fourth-order valence-corrected chi connectivity index (χ4v) is 4.90. The van der Waals surface area contributed by atoms with E-state index in [4.69, 9.17) is 21.2 Å². The maximum absolute atomic E-state index is 14.2. The highest BCUT2D eigenvalue weighted by molar-refractivity contribution is 6.30. The fourth-order valence-electron chi connectivity index (χ4n) is 4.77. The van der Waals surface area contributed by atoms with Crippen molar-refractivity contribution >= 4 is 46.5 Å². The number of halogens is 4. The number of nitrogens with one attached hydrogen (secondary N) is 2. The molecular formula is C33H34ClF3N4O7. The number of hydrogen-bond acceptors (Lipinski definition) is 9. The molecule has 0 saturated carbocycles.